The highest BCUT2D eigenvalue weighted by atomic mass is 16.5. The molecule has 3 aromatic rings. The quantitative estimate of drug-likeness (QED) is 0.583. The Hall–Kier alpha value is -3.30. The molecule has 1 amide bonds. The van der Waals surface area contributed by atoms with E-state index in [1.165, 1.54) is 4.68 Å². The third kappa shape index (κ3) is 4.64. The van der Waals surface area contributed by atoms with Crippen LogP contribution in [0.2, 0.25) is 0 Å². The normalized spacial score (nSPS) is 15.2. The van der Waals surface area contributed by atoms with Crippen LogP contribution >= 0.6 is 0 Å². The molecule has 30 heavy (non-hydrogen) atoms. The number of nitrogens with zero attached hydrogens (tertiary/aromatic N) is 4. The van der Waals surface area contributed by atoms with Gasteiger partial charge in [0.1, 0.15) is 5.52 Å². The molecular formula is C21H25N6O3+. The molecule has 1 unspecified atom stereocenters. The van der Waals surface area contributed by atoms with E-state index in [1.807, 2.05) is 37.4 Å². The zero-order chi connectivity index (χ0) is 20.9. The van der Waals surface area contributed by atoms with Crippen molar-refractivity contribution in [1.82, 2.24) is 15.0 Å². The van der Waals surface area contributed by atoms with Crippen molar-refractivity contribution in [3.63, 3.8) is 0 Å². The van der Waals surface area contributed by atoms with Crippen molar-refractivity contribution in [2.45, 2.75) is 6.67 Å². The molecule has 9 nitrogen and oxygen atoms in total. The topological polar surface area (TPSA) is 93.8 Å². The summed E-state index contributed by atoms with van der Waals surface area (Å²) in [5.74, 6) is -0.131. The van der Waals surface area contributed by atoms with Crippen molar-refractivity contribution in [2.24, 2.45) is 0 Å². The fourth-order valence-corrected chi connectivity index (χ4v) is 3.49. The second kappa shape index (κ2) is 9.02. The number of aromatic nitrogens is 3. The average Bonchev–Trinajstić information content (AvgIpc) is 2.77. The first-order valence-electron chi connectivity index (χ1n) is 9.96. The first-order chi connectivity index (χ1) is 14.6. The van der Waals surface area contributed by atoms with Crippen molar-refractivity contribution in [3.8, 4) is 0 Å². The van der Waals surface area contributed by atoms with E-state index in [0.717, 1.165) is 42.6 Å². The molecule has 0 aliphatic carbocycles. The standard InChI is InChI=1S/C21H24N6O3/c1-25(15-27-21(29)18-4-2-3-5-19(18)23-24-27)14-20(28)22-16-6-8-17(9-7-16)26-10-12-30-13-11-26/h2-9H,10-15H2,1H3,(H,22,28)/p+1. The molecule has 0 spiro atoms. The smallest absolute Gasteiger partial charge is 0.282 e. The van der Waals surface area contributed by atoms with Gasteiger partial charge in [-0.2, -0.15) is 4.68 Å². The lowest BCUT2D eigenvalue weighted by Gasteiger charge is -2.28. The van der Waals surface area contributed by atoms with Crippen molar-refractivity contribution >= 4 is 28.2 Å². The molecule has 4 rings (SSSR count). The molecule has 1 aromatic heterocycles. The minimum absolute atomic E-state index is 0.131. The number of nitrogens with one attached hydrogen (secondary N) is 2. The van der Waals surface area contributed by atoms with Crippen LogP contribution in [-0.2, 0) is 16.2 Å². The Morgan fingerprint density at radius 2 is 1.87 bits per heavy atom. The second-order valence-corrected chi connectivity index (χ2v) is 7.40. The summed E-state index contributed by atoms with van der Waals surface area (Å²) in [7, 11) is 1.84. The number of amides is 1. The first-order valence-corrected chi connectivity index (χ1v) is 9.96. The average molecular weight is 409 g/mol. The van der Waals surface area contributed by atoms with Crippen molar-refractivity contribution in [2.75, 3.05) is 50.1 Å². The highest BCUT2D eigenvalue weighted by Crippen LogP contribution is 2.18. The van der Waals surface area contributed by atoms with Gasteiger partial charge in [-0.05, 0) is 36.4 Å². The predicted molar refractivity (Wildman–Crippen MR) is 114 cm³/mol. The van der Waals surface area contributed by atoms with E-state index in [9.17, 15) is 9.59 Å². The molecule has 0 saturated carbocycles. The van der Waals surface area contributed by atoms with E-state index in [1.54, 1.807) is 18.2 Å². The number of quaternary nitrogens is 1. The minimum atomic E-state index is -0.209. The van der Waals surface area contributed by atoms with Gasteiger partial charge in [-0.1, -0.05) is 17.3 Å². The Labute approximate surface area is 173 Å². The maximum Gasteiger partial charge on any atom is 0.282 e. The summed E-state index contributed by atoms with van der Waals surface area (Å²) in [4.78, 5) is 28.0. The lowest BCUT2D eigenvalue weighted by Crippen LogP contribution is -3.09. The van der Waals surface area contributed by atoms with Crippen LogP contribution in [0.15, 0.2) is 53.3 Å². The van der Waals surface area contributed by atoms with Gasteiger partial charge in [0, 0.05) is 24.5 Å². The number of likely N-dealkylation sites (N-methyl/N-ethyl adjacent to an activating group) is 1. The van der Waals surface area contributed by atoms with E-state index in [0.29, 0.717) is 10.9 Å². The molecule has 2 heterocycles. The molecule has 0 radical (unpaired) electrons. The van der Waals surface area contributed by atoms with Gasteiger partial charge >= 0.3 is 0 Å². The van der Waals surface area contributed by atoms with Crippen molar-refractivity contribution < 1.29 is 14.4 Å². The van der Waals surface area contributed by atoms with Crippen LogP contribution in [0.5, 0.6) is 0 Å². The van der Waals surface area contributed by atoms with Crippen LogP contribution in [0.4, 0.5) is 11.4 Å². The Morgan fingerprint density at radius 1 is 1.13 bits per heavy atom. The van der Waals surface area contributed by atoms with Gasteiger partial charge in [-0.25, -0.2) is 0 Å². The number of carbonyl (C=O) groups is 1. The number of morpholine rings is 1. The Kier molecular flexibility index (Phi) is 6.01. The van der Waals surface area contributed by atoms with E-state index < -0.39 is 0 Å². The largest absolute Gasteiger partial charge is 0.378 e. The zero-order valence-corrected chi connectivity index (χ0v) is 16.9. The van der Waals surface area contributed by atoms with Crippen molar-refractivity contribution in [1.29, 1.82) is 0 Å². The highest BCUT2D eigenvalue weighted by molar-refractivity contribution is 5.91. The monoisotopic (exact) mass is 409 g/mol. The molecule has 0 bridgehead atoms. The lowest BCUT2D eigenvalue weighted by atomic mass is 10.2. The Bertz CT molecular complexity index is 1080. The maximum absolute atomic E-state index is 12.5. The number of benzene rings is 2. The number of ether oxygens (including phenoxy) is 1. The number of anilines is 2. The van der Waals surface area contributed by atoms with E-state index in [4.69, 9.17) is 4.74 Å². The summed E-state index contributed by atoms with van der Waals surface area (Å²) in [5.41, 5.74) is 2.22. The predicted octanol–water partition coefficient (Wildman–Crippen LogP) is -0.261. The van der Waals surface area contributed by atoms with Crippen LogP contribution in [0.1, 0.15) is 0 Å². The van der Waals surface area contributed by atoms with Crippen LogP contribution < -0.4 is 20.7 Å². The molecule has 156 valence electrons. The molecule has 1 aliphatic rings. The molecule has 1 fully saturated rings. The molecule has 2 N–H and O–H groups in total. The van der Waals surface area contributed by atoms with Crippen LogP contribution in [-0.4, -0.2) is 60.8 Å². The number of hydrogen-bond donors (Lipinski definition) is 2. The summed E-state index contributed by atoms with van der Waals surface area (Å²) in [6.45, 7) is 3.66. The third-order valence-corrected chi connectivity index (χ3v) is 5.04. The van der Waals surface area contributed by atoms with Gasteiger partial charge in [-0.15, -0.1) is 5.10 Å². The van der Waals surface area contributed by atoms with Gasteiger partial charge < -0.3 is 19.9 Å². The summed E-state index contributed by atoms with van der Waals surface area (Å²) in [6.07, 6.45) is 0. The van der Waals surface area contributed by atoms with Gasteiger partial charge in [0.15, 0.2) is 13.2 Å². The molecule has 1 atom stereocenters. The first kappa shape index (κ1) is 20.0. The Balaban J connectivity index is 1.33. The van der Waals surface area contributed by atoms with Gasteiger partial charge in [-0.3, -0.25) is 9.59 Å². The second-order valence-electron chi connectivity index (χ2n) is 7.40. The van der Waals surface area contributed by atoms with Crippen LogP contribution in [0.25, 0.3) is 10.9 Å². The summed E-state index contributed by atoms with van der Waals surface area (Å²) in [6, 6.07) is 14.9. The Morgan fingerprint density at radius 3 is 2.63 bits per heavy atom. The number of rotatable bonds is 6. The van der Waals surface area contributed by atoms with Crippen LogP contribution in [0, 0.1) is 0 Å². The summed E-state index contributed by atoms with van der Waals surface area (Å²) in [5, 5.41) is 11.5. The molecule has 1 aliphatic heterocycles. The summed E-state index contributed by atoms with van der Waals surface area (Å²) >= 11 is 0. The van der Waals surface area contributed by atoms with E-state index in [2.05, 4.69) is 20.5 Å². The van der Waals surface area contributed by atoms with Gasteiger partial charge in [0.05, 0.1) is 25.6 Å². The molecular weight excluding hydrogens is 384 g/mol. The molecule has 9 heteroatoms. The lowest BCUT2D eigenvalue weighted by molar-refractivity contribution is -0.895. The number of fused-ring (bicyclic) bond motifs is 1. The van der Waals surface area contributed by atoms with Crippen LogP contribution in [0.3, 0.4) is 0 Å². The zero-order valence-electron chi connectivity index (χ0n) is 16.9. The third-order valence-electron chi connectivity index (χ3n) is 5.04. The summed E-state index contributed by atoms with van der Waals surface area (Å²) < 4.78 is 6.67. The molecule has 1 saturated heterocycles. The SMILES string of the molecule is C[NH+](CC(=O)Nc1ccc(N2CCOCC2)cc1)Cn1nnc2ccccc2c1=O. The fraction of sp³-hybridized carbons (Fsp3) is 0.333. The fourth-order valence-electron chi connectivity index (χ4n) is 3.49. The molecule has 2 aromatic carbocycles. The number of hydrogen-bond acceptors (Lipinski definition) is 6. The van der Waals surface area contributed by atoms with E-state index >= 15 is 0 Å². The maximum atomic E-state index is 12.5. The number of carbonyl (C=O) groups excluding carboxylic acids is 1. The highest BCUT2D eigenvalue weighted by Gasteiger charge is 2.15. The van der Waals surface area contributed by atoms with Gasteiger partial charge in [0.2, 0.25) is 0 Å². The minimum Gasteiger partial charge on any atom is -0.378 e. The van der Waals surface area contributed by atoms with E-state index in [-0.39, 0.29) is 24.7 Å². The van der Waals surface area contributed by atoms with Crippen molar-refractivity contribution in [3.05, 3.63) is 58.9 Å². The van der Waals surface area contributed by atoms with Gasteiger partial charge in [0.25, 0.3) is 11.5 Å².